The van der Waals surface area contributed by atoms with Gasteiger partial charge in [0.25, 0.3) is 11.1 Å². The number of nitrogens with zero attached hydrogens (tertiary/aromatic N) is 6. The van der Waals surface area contributed by atoms with Gasteiger partial charge in [0, 0.05) is 56.9 Å². The Balaban J connectivity index is 0.000000253. The molecule has 2 aromatic carbocycles. The number of pyridine rings is 4. The Morgan fingerprint density at radius 3 is 1.57 bits per heavy atom. The number of carbonyl (C=O) groups excluding carboxylic acids is 5. The molecule has 2 amide bonds. The molecule has 6 aromatic rings. The van der Waals surface area contributed by atoms with Gasteiger partial charge in [-0.15, -0.1) is 0 Å². The molecule has 0 radical (unpaired) electrons. The smallest absolute Gasteiger partial charge is 0.415 e. The van der Waals surface area contributed by atoms with E-state index < -0.39 is 24.1 Å². The number of aldehydes is 1. The summed E-state index contributed by atoms with van der Waals surface area (Å²) in [6.45, 7) is 1.86. The van der Waals surface area contributed by atoms with E-state index in [-0.39, 0.29) is 106 Å². The summed E-state index contributed by atoms with van der Waals surface area (Å²) in [7, 11) is 3.20. The topological polar surface area (TPSA) is 237 Å². The number of nitrogens with one attached hydrogen (secondary N) is 1. The van der Waals surface area contributed by atoms with E-state index in [1.807, 2.05) is 0 Å². The van der Waals surface area contributed by atoms with Crippen molar-refractivity contribution in [2.24, 2.45) is 19.8 Å². The van der Waals surface area contributed by atoms with Crippen molar-refractivity contribution in [3.63, 3.8) is 0 Å². The van der Waals surface area contributed by atoms with Gasteiger partial charge in [0.05, 0.1) is 50.8 Å². The number of carbonyl (C=O) groups is 5. The fraction of sp³-hybridized carbons (Fsp3) is 0.327. The van der Waals surface area contributed by atoms with Crippen molar-refractivity contribution in [1.29, 1.82) is 0 Å². The number of rotatable bonds is 10. The van der Waals surface area contributed by atoms with Crippen LogP contribution in [-0.2, 0) is 63.6 Å². The summed E-state index contributed by atoms with van der Waals surface area (Å²) in [5, 5.41) is 4.75. The first-order valence-electron chi connectivity index (χ1n) is 22.7. The molecular formula is C49H52F2I5N8O11S2-. The summed E-state index contributed by atoms with van der Waals surface area (Å²) >= 11 is 9.85. The van der Waals surface area contributed by atoms with Crippen LogP contribution in [0.1, 0.15) is 22.5 Å². The number of amides is 2. The van der Waals surface area contributed by atoms with Gasteiger partial charge in [-0.1, -0.05) is 45.2 Å². The number of anilines is 2. The van der Waals surface area contributed by atoms with E-state index in [9.17, 15) is 42.3 Å². The second-order valence-electron chi connectivity index (χ2n) is 16.6. The predicted molar refractivity (Wildman–Crippen MR) is 328 cm³/mol. The van der Waals surface area contributed by atoms with Crippen LogP contribution in [0, 0.1) is 11.6 Å². The van der Waals surface area contributed by atoms with Crippen molar-refractivity contribution < 1.29 is 65.0 Å². The van der Waals surface area contributed by atoms with Gasteiger partial charge in [0.2, 0.25) is 0 Å². The van der Waals surface area contributed by atoms with E-state index in [2.05, 4.69) is 97.7 Å². The molecule has 4 aliphatic heterocycles. The number of aryl methyl sites for hydroxylation is 2. The molecule has 0 aliphatic carbocycles. The molecular weight excluding hydrogens is 1610 g/mol. The maximum atomic E-state index is 14.5. The van der Waals surface area contributed by atoms with Crippen LogP contribution in [0.2, 0.25) is 0 Å². The van der Waals surface area contributed by atoms with Crippen molar-refractivity contribution in [1.82, 2.24) is 24.4 Å². The van der Waals surface area contributed by atoms with Crippen molar-refractivity contribution in [2.75, 3.05) is 58.2 Å². The Labute approximate surface area is 511 Å². The number of hydrogen-bond donors (Lipinski definition) is 2. The first kappa shape index (κ1) is 66.0. The number of ketones is 2. The average Bonchev–Trinajstić information content (AvgIpc) is 3.97. The normalized spacial score (nSPS) is 15.9. The van der Waals surface area contributed by atoms with Crippen LogP contribution >= 0.6 is 109 Å². The molecule has 2 fully saturated rings. The summed E-state index contributed by atoms with van der Waals surface area (Å²) in [5.41, 5.74) is 7.92. The Bertz CT molecular complexity index is 3220. The fourth-order valence-electron chi connectivity index (χ4n) is 8.29. The van der Waals surface area contributed by atoms with Gasteiger partial charge in [0.15, 0.2) is 11.6 Å². The number of hydrogen-bond acceptors (Lipinski definition) is 15. The number of aromatic nitrogens is 4. The van der Waals surface area contributed by atoms with E-state index >= 15 is 0 Å². The summed E-state index contributed by atoms with van der Waals surface area (Å²) in [4.78, 5) is 92.6. The van der Waals surface area contributed by atoms with Crippen LogP contribution in [-0.4, -0.2) is 110 Å². The minimum Gasteiger partial charge on any atom is -0.484 e. The minimum atomic E-state index is -0.516. The number of Topliss-reactive ketones (excluding diaryl/α,β-unsaturated/α-hetero) is 2. The van der Waals surface area contributed by atoms with Crippen LogP contribution in [0.4, 0.5) is 30.0 Å². The molecule has 28 heteroatoms. The summed E-state index contributed by atoms with van der Waals surface area (Å²) in [6.07, 6.45) is -0.336. The number of ether oxygens (including phenoxy) is 4. The largest absolute Gasteiger partial charge is 0.484 e. The van der Waals surface area contributed by atoms with Crippen LogP contribution in [0.3, 0.4) is 0 Å². The van der Waals surface area contributed by atoms with Crippen molar-refractivity contribution in [3.8, 4) is 11.5 Å². The zero-order valence-electron chi connectivity index (χ0n) is 41.0. The molecule has 2 saturated heterocycles. The number of benzene rings is 2. The van der Waals surface area contributed by atoms with Gasteiger partial charge in [-0.25, -0.2) is 28.3 Å². The number of alkyl halides is 2. The number of nitrogens with two attached hydrogens (primary N) is 1. The number of halogens is 7. The minimum absolute atomic E-state index is 0. The van der Waals surface area contributed by atoms with Gasteiger partial charge in [-0.3, -0.25) is 29.0 Å². The summed E-state index contributed by atoms with van der Waals surface area (Å²) in [6, 6.07) is 18.9. The third kappa shape index (κ3) is 17.2. The summed E-state index contributed by atoms with van der Waals surface area (Å²) < 4.78 is 53.2. The van der Waals surface area contributed by atoms with Crippen LogP contribution < -0.4 is 54.7 Å². The Morgan fingerprint density at radius 1 is 0.688 bits per heavy atom. The Kier molecular flexibility index (Phi) is 27.4. The third-order valence-corrected chi connectivity index (χ3v) is 11.8. The van der Waals surface area contributed by atoms with Gasteiger partial charge < -0.3 is 43.9 Å². The van der Waals surface area contributed by atoms with E-state index in [0.717, 1.165) is 10.8 Å². The molecule has 2 atom stereocenters. The quantitative estimate of drug-likeness (QED) is 0.0858. The molecule has 0 saturated carbocycles. The van der Waals surface area contributed by atoms with E-state index in [0.29, 0.717) is 103 Å². The maximum absolute atomic E-state index is 14.5. The van der Waals surface area contributed by atoms with E-state index in [1.54, 1.807) is 62.6 Å². The summed E-state index contributed by atoms with van der Waals surface area (Å²) in [5.74, 6) is 1.09. The molecule has 416 valence electrons. The average molecular weight is 1670 g/mol. The van der Waals surface area contributed by atoms with Crippen LogP contribution in [0.25, 0.3) is 21.8 Å². The van der Waals surface area contributed by atoms with Crippen molar-refractivity contribution >= 4 is 173 Å². The number of cyclic esters (lactones) is 2. The molecule has 0 unspecified atom stereocenters. The zero-order valence-corrected chi connectivity index (χ0v) is 53.8. The van der Waals surface area contributed by atoms with Gasteiger partial charge >= 0.3 is 62.7 Å². The molecule has 10 rings (SSSR count). The molecule has 4 aliphatic rings. The maximum Gasteiger partial charge on any atom is 0.415 e. The Morgan fingerprint density at radius 2 is 1.12 bits per heavy atom. The second-order valence-corrected chi connectivity index (χ2v) is 37.3. The third-order valence-electron chi connectivity index (χ3n) is 11.8. The SMILES string of the molecule is Cn1c(=O)ccc2ccc(F)c(CC=O)c21.Cn1c(=O)ccc2ccc(F)c(CCNC[C@H]3CN(c4ccc5c(n4)CC(=O)CO5)C(=O)O3)c21.ICI.I[I-]I.NC[C@H]1CN(c2ccc3c(n2)CC(=O)CO3)C(=O)O1.S.S. The fourth-order valence-corrected chi connectivity index (χ4v) is 8.29. The Hall–Kier alpha value is -3.56. The molecule has 4 aromatic heterocycles. The second kappa shape index (κ2) is 32.0. The van der Waals surface area contributed by atoms with Crippen molar-refractivity contribution in [3.05, 3.63) is 128 Å². The molecule has 0 spiro atoms. The molecule has 8 heterocycles. The predicted octanol–water partition coefficient (Wildman–Crippen LogP) is 3.84. The van der Waals surface area contributed by atoms with E-state index in [4.69, 9.17) is 24.7 Å². The molecule has 0 bridgehead atoms. The molecule has 19 nitrogen and oxygen atoms in total. The van der Waals surface area contributed by atoms with Crippen LogP contribution in [0.15, 0.2) is 82.4 Å². The monoisotopic (exact) mass is 1660 g/mol. The first-order valence-corrected chi connectivity index (χ1v) is 38.3. The van der Waals surface area contributed by atoms with E-state index in [1.165, 1.54) is 45.6 Å². The molecule has 3 N–H and O–H groups in total. The van der Waals surface area contributed by atoms with Gasteiger partial charge in [-0.05, 0) is 84.4 Å². The first-order chi connectivity index (χ1) is 36.0. The standard InChI is InChI=1S/C24H23FN4O5.C12H10FNO2.C12H13N3O4.CH2I2.I3.2H2S/c1-28-22(31)7-3-14-2-4-18(25)17(23(14)28)8-9-26-11-16-12-29(24(32)34-16)21-6-5-20-19(27-21)10-15(30)13-33-20;1-14-11(16)5-3-8-2-4-10(13)9(6-7-15)12(8)14;13-4-8-5-15(12(17)19-8)11-2-1-10-9(14-11)3-7(16)6-18-10;2-1-3;1-3-2;;/h2-7,16,26H,8-13H2,1H3;2-5,7H,6H2,1H3;1-2,8H,3-6,13H2;1H2;;2*1H2/q;;;;-1;;/t16-;;8-;;;;/m0.0..../s1. The van der Waals surface area contributed by atoms with Gasteiger partial charge in [-0.2, -0.15) is 27.0 Å². The van der Waals surface area contributed by atoms with Crippen LogP contribution in [0.5, 0.6) is 11.5 Å². The molecule has 77 heavy (non-hydrogen) atoms. The van der Waals surface area contributed by atoms with Crippen molar-refractivity contribution in [2.45, 2.75) is 37.9 Å². The number of fused-ring (bicyclic) bond motifs is 4. The zero-order chi connectivity index (χ0) is 54.3. The van der Waals surface area contributed by atoms with Gasteiger partial charge in [0.1, 0.15) is 66.5 Å².